The Bertz CT molecular complexity index is 535. The van der Waals surface area contributed by atoms with Crippen molar-refractivity contribution in [2.24, 2.45) is 5.92 Å². The number of phenolic OH excluding ortho intramolecular Hbond substituents is 1. The summed E-state index contributed by atoms with van der Waals surface area (Å²) < 4.78 is 0. The first-order valence-corrected chi connectivity index (χ1v) is 7.59. The third kappa shape index (κ3) is 4.26. The third-order valence-corrected chi connectivity index (χ3v) is 4.68. The topological polar surface area (TPSA) is 78.6 Å². The molecule has 0 bridgehead atoms. The largest absolute Gasteiger partial charge is 0.502 e. The van der Waals surface area contributed by atoms with Gasteiger partial charge in [0, 0.05) is 38.3 Å². The second-order valence-corrected chi connectivity index (χ2v) is 5.93. The maximum atomic E-state index is 11.0. The van der Waals surface area contributed by atoms with Crippen LogP contribution < -0.4 is 5.32 Å². The van der Waals surface area contributed by atoms with Crippen molar-refractivity contribution in [3.63, 3.8) is 0 Å². The normalized spacial score (nSPS) is 19.8. The molecule has 1 aromatic rings. The van der Waals surface area contributed by atoms with Crippen molar-refractivity contribution >= 4 is 30.5 Å². The summed E-state index contributed by atoms with van der Waals surface area (Å²) in [6.07, 6.45) is 3.61. The summed E-state index contributed by atoms with van der Waals surface area (Å²) >= 11 is 0. The summed E-state index contributed by atoms with van der Waals surface area (Å²) in [5.41, 5.74) is 0.776. The van der Waals surface area contributed by atoms with Crippen LogP contribution in [-0.4, -0.2) is 41.1 Å². The Morgan fingerprint density at radius 2 is 1.91 bits per heavy atom. The molecule has 1 aliphatic carbocycles. The van der Waals surface area contributed by atoms with E-state index in [4.69, 9.17) is 0 Å². The van der Waals surface area contributed by atoms with E-state index < -0.39 is 4.92 Å². The van der Waals surface area contributed by atoms with Gasteiger partial charge in [0.2, 0.25) is 0 Å². The number of hydrogen-bond acceptors (Lipinski definition) is 5. The van der Waals surface area contributed by atoms with Crippen molar-refractivity contribution in [3.8, 4) is 5.75 Å². The maximum Gasteiger partial charge on any atom is 0.311 e. The van der Waals surface area contributed by atoms with E-state index in [9.17, 15) is 15.2 Å². The van der Waals surface area contributed by atoms with Crippen LogP contribution in [0.5, 0.6) is 5.75 Å². The zero-order valence-electron chi connectivity index (χ0n) is 12.8. The van der Waals surface area contributed by atoms with Crippen molar-refractivity contribution in [3.05, 3.63) is 33.9 Å². The molecule has 1 heterocycles. The lowest BCUT2D eigenvalue weighted by atomic mass is 9.76. The van der Waals surface area contributed by atoms with Gasteiger partial charge in [-0.1, -0.05) is 12.5 Å². The number of aromatic hydroxyl groups is 1. The average molecular weight is 364 g/mol. The molecule has 0 aromatic heterocycles. The van der Waals surface area contributed by atoms with Crippen LogP contribution in [0.2, 0.25) is 0 Å². The van der Waals surface area contributed by atoms with Crippen LogP contribution in [0.1, 0.15) is 30.9 Å². The van der Waals surface area contributed by atoms with Crippen LogP contribution in [0.15, 0.2) is 18.2 Å². The number of nitrogens with zero attached hydrogens (tertiary/aromatic N) is 2. The van der Waals surface area contributed by atoms with E-state index in [1.807, 2.05) is 6.07 Å². The van der Waals surface area contributed by atoms with Crippen LogP contribution in [0.3, 0.4) is 0 Å². The summed E-state index contributed by atoms with van der Waals surface area (Å²) in [6.45, 7) is 3.86. The van der Waals surface area contributed by atoms with E-state index in [0.29, 0.717) is 5.92 Å². The number of benzene rings is 1. The SMILES string of the molecule is Cl.Cl.O=[N+]([O-])c1cc([C@@H](C2CCC2)N2CCNCC2)ccc1O. The van der Waals surface area contributed by atoms with Crippen LogP contribution in [0.4, 0.5) is 5.69 Å². The summed E-state index contributed by atoms with van der Waals surface area (Å²) in [4.78, 5) is 13.0. The van der Waals surface area contributed by atoms with Crippen molar-refractivity contribution in [1.82, 2.24) is 10.2 Å². The Morgan fingerprint density at radius 1 is 1.26 bits per heavy atom. The van der Waals surface area contributed by atoms with Gasteiger partial charge in [-0.25, -0.2) is 0 Å². The summed E-state index contributed by atoms with van der Waals surface area (Å²) in [5, 5.41) is 24.0. The van der Waals surface area contributed by atoms with Crippen molar-refractivity contribution < 1.29 is 10.0 Å². The molecule has 1 atom stereocenters. The highest BCUT2D eigenvalue weighted by Gasteiger charge is 2.34. The second kappa shape index (κ2) is 8.68. The Kier molecular flexibility index (Phi) is 7.54. The van der Waals surface area contributed by atoms with Crippen LogP contribution >= 0.6 is 24.8 Å². The Hall–Kier alpha value is -1.08. The molecule has 1 aliphatic heterocycles. The van der Waals surface area contributed by atoms with Crippen LogP contribution in [-0.2, 0) is 0 Å². The van der Waals surface area contributed by atoms with Crippen molar-refractivity contribution in [2.75, 3.05) is 26.2 Å². The van der Waals surface area contributed by atoms with Crippen LogP contribution in [0.25, 0.3) is 0 Å². The zero-order chi connectivity index (χ0) is 14.8. The molecule has 1 saturated carbocycles. The minimum Gasteiger partial charge on any atom is -0.502 e. The zero-order valence-corrected chi connectivity index (χ0v) is 14.4. The number of nitrogens with one attached hydrogen (secondary N) is 1. The average Bonchev–Trinajstić information content (AvgIpc) is 2.44. The third-order valence-electron chi connectivity index (χ3n) is 4.68. The Morgan fingerprint density at radius 3 is 2.43 bits per heavy atom. The number of halogens is 2. The second-order valence-electron chi connectivity index (χ2n) is 5.93. The van der Waals surface area contributed by atoms with E-state index in [1.54, 1.807) is 6.07 Å². The lowest BCUT2D eigenvalue weighted by molar-refractivity contribution is -0.386. The number of piperazine rings is 1. The molecule has 0 radical (unpaired) electrons. The number of nitro groups is 1. The molecule has 0 unspecified atom stereocenters. The molecule has 2 N–H and O–H groups in total. The van der Waals surface area contributed by atoms with Gasteiger partial charge in [-0.2, -0.15) is 0 Å². The standard InChI is InChI=1S/C15H21N3O3.2ClH/c19-14-5-4-12(10-13(14)18(20)21)15(11-2-1-3-11)17-8-6-16-7-9-17;;/h4-5,10-11,15-16,19H,1-3,6-9H2;2*1H/t15-;;/m1../s1. The van der Waals surface area contributed by atoms with E-state index >= 15 is 0 Å². The minimum atomic E-state index is -0.506. The molecule has 8 heteroatoms. The molecule has 2 aliphatic rings. The molecule has 1 saturated heterocycles. The smallest absolute Gasteiger partial charge is 0.311 e. The molecule has 0 spiro atoms. The van der Waals surface area contributed by atoms with Gasteiger partial charge in [0.25, 0.3) is 0 Å². The molecule has 0 amide bonds. The van der Waals surface area contributed by atoms with E-state index in [1.165, 1.54) is 25.3 Å². The molecule has 3 rings (SSSR count). The molecule has 1 aromatic carbocycles. The highest BCUT2D eigenvalue weighted by Crippen LogP contribution is 2.43. The molecular weight excluding hydrogens is 341 g/mol. The lowest BCUT2D eigenvalue weighted by Crippen LogP contribution is -2.47. The molecule has 23 heavy (non-hydrogen) atoms. The molecule has 2 fully saturated rings. The number of nitro benzene ring substituents is 1. The molecule has 130 valence electrons. The first kappa shape index (κ1) is 20.0. The fourth-order valence-electron chi connectivity index (χ4n) is 3.37. The first-order valence-electron chi connectivity index (χ1n) is 7.59. The van der Waals surface area contributed by atoms with Gasteiger partial charge in [-0.3, -0.25) is 15.0 Å². The number of rotatable bonds is 4. The summed E-state index contributed by atoms with van der Waals surface area (Å²) in [6, 6.07) is 5.09. The number of phenols is 1. The quantitative estimate of drug-likeness (QED) is 0.635. The van der Waals surface area contributed by atoms with Crippen molar-refractivity contribution in [1.29, 1.82) is 0 Å². The monoisotopic (exact) mass is 363 g/mol. The highest BCUT2D eigenvalue weighted by molar-refractivity contribution is 5.85. The van der Waals surface area contributed by atoms with E-state index in [0.717, 1.165) is 31.7 Å². The minimum absolute atomic E-state index is 0. The summed E-state index contributed by atoms with van der Waals surface area (Å²) in [5.74, 6) is 0.323. The highest BCUT2D eigenvalue weighted by atomic mass is 35.5. The predicted molar refractivity (Wildman–Crippen MR) is 93.8 cm³/mol. The van der Waals surface area contributed by atoms with E-state index in [-0.39, 0.29) is 42.3 Å². The van der Waals surface area contributed by atoms with Crippen molar-refractivity contribution in [2.45, 2.75) is 25.3 Å². The molecule has 6 nitrogen and oxygen atoms in total. The van der Waals surface area contributed by atoms with Gasteiger partial charge in [-0.15, -0.1) is 24.8 Å². The maximum absolute atomic E-state index is 11.0. The summed E-state index contributed by atoms with van der Waals surface area (Å²) in [7, 11) is 0. The Balaban J connectivity index is 0.00000132. The molecular formula is C15H23Cl2N3O3. The van der Waals surface area contributed by atoms with Gasteiger partial charge in [0.15, 0.2) is 5.75 Å². The Labute approximate surface area is 148 Å². The van der Waals surface area contributed by atoms with Gasteiger partial charge in [0.05, 0.1) is 4.92 Å². The number of hydrogen-bond donors (Lipinski definition) is 2. The fourth-order valence-corrected chi connectivity index (χ4v) is 3.37. The fraction of sp³-hybridized carbons (Fsp3) is 0.600. The predicted octanol–water partition coefficient (Wildman–Crippen LogP) is 2.89. The van der Waals surface area contributed by atoms with E-state index in [2.05, 4.69) is 10.2 Å². The first-order chi connectivity index (χ1) is 10.2. The van der Waals surface area contributed by atoms with Gasteiger partial charge >= 0.3 is 5.69 Å². The van der Waals surface area contributed by atoms with Crippen LogP contribution in [0, 0.1) is 16.0 Å². The lowest BCUT2D eigenvalue weighted by Gasteiger charge is -2.43. The van der Waals surface area contributed by atoms with Gasteiger partial charge in [0.1, 0.15) is 0 Å². The van der Waals surface area contributed by atoms with Gasteiger partial charge < -0.3 is 10.4 Å². The van der Waals surface area contributed by atoms with Gasteiger partial charge in [-0.05, 0) is 30.4 Å².